The van der Waals surface area contributed by atoms with Gasteiger partial charge in [0, 0.05) is 6.42 Å². The number of hydrogen-bond donors (Lipinski definition) is 1. The van der Waals surface area contributed by atoms with Gasteiger partial charge in [0.25, 0.3) is 10.1 Å². The summed E-state index contributed by atoms with van der Waals surface area (Å²) in [6.07, 6.45) is 19.7. The molecule has 0 rings (SSSR count). The van der Waals surface area contributed by atoms with Crippen molar-refractivity contribution in [2.45, 2.75) is 103 Å². The van der Waals surface area contributed by atoms with Gasteiger partial charge in [-0.15, -0.1) is 0 Å². The van der Waals surface area contributed by atoms with Crippen LogP contribution in [0, 0.1) is 0 Å². The fourth-order valence-electron chi connectivity index (χ4n) is 3.91. The molecule has 8 heteroatoms. The Morgan fingerprint density at radius 1 is 0.676 bits per heavy atom. The highest BCUT2D eigenvalue weighted by Gasteiger charge is 2.16. The second-order valence-corrected chi connectivity index (χ2v) is 13.0. The minimum Gasteiger partial charge on any atom is -0.544 e. The number of nitrogens with zero attached hydrogens (tertiary/aromatic N) is 2. The van der Waals surface area contributed by atoms with E-state index in [0.29, 0.717) is 10.9 Å². The zero-order chi connectivity index (χ0) is 26.5. The molecule has 0 atom stereocenters. The van der Waals surface area contributed by atoms with Crippen LogP contribution in [-0.4, -0.2) is 88.5 Å². The Balaban J connectivity index is 0. The molecule has 0 saturated heterocycles. The van der Waals surface area contributed by atoms with Crippen molar-refractivity contribution in [3.63, 3.8) is 0 Å². The molecule has 34 heavy (non-hydrogen) atoms. The maximum absolute atomic E-state index is 10.8. The third kappa shape index (κ3) is 33.5. The van der Waals surface area contributed by atoms with E-state index in [1.165, 1.54) is 89.9 Å². The van der Waals surface area contributed by atoms with Gasteiger partial charge >= 0.3 is 0 Å². The number of unbranched alkanes of at least 4 members (excludes halogenated alkanes) is 13. The number of hydrogen-bond acceptors (Lipinski definition) is 4. The van der Waals surface area contributed by atoms with E-state index in [1.807, 2.05) is 0 Å². The second kappa shape index (κ2) is 20.5. The van der Waals surface area contributed by atoms with Crippen LogP contribution in [0.15, 0.2) is 0 Å². The number of carboxylic acids is 1. The van der Waals surface area contributed by atoms with E-state index in [-0.39, 0.29) is 12.3 Å². The zero-order valence-electron chi connectivity index (χ0n) is 23.3. The van der Waals surface area contributed by atoms with Crippen LogP contribution in [0.2, 0.25) is 0 Å². The van der Waals surface area contributed by atoms with Gasteiger partial charge in [0.2, 0.25) is 0 Å². The summed E-state index contributed by atoms with van der Waals surface area (Å²) in [5.41, 5.74) is 0. The van der Waals surface area contributed by atoms with Crippen molar-refractivity contribution in [3.05, 3.63) is 0 Å². The van der Waals surface area contributed by atoms with Crippen molar-refractivity contribution >= 4 is 16.1 Å². The van der Waals surface area contributed by atoms with Crippen molar-refractivity contribution in [1.82, 2.24) is 0 Å². The summed E-state index contributed by atoms with van der Waals surface area (Å²) in [5.74, 6) is -1.12. The van der Waals surface area contributed by atoms with Crippen molar-refractivity contribution in [1.29, 1.82) is 0 Å². The first kappa shape index (κ1) is 35.5. The Morgan fingerprint density at radius 3 is 1.32 bits per heavy atom. The van der Waals surface area contributed by atoms with Gasteiger partial charge in [-0.05, 0) is 12.8 Å². The van der Waals surface area contributed by atoms with Gasteiger partial charge in [0.05, 0.1) is 60.1 Å². The number of carbonyl (C=O) groups is 1. The summed E-state index contributed by atoms with van der Waals surface area (Å²) in [5, 5.41) is 9.89. The predicted octanol–water partition coefficient (Wildman–Crippen LogP) is 4.26. The minimum atomic E-state index is -3.81. The van der Waals surface area contributed by atoms with Crippen molar-refractivity contribution in [2.75, 3.05) is 60.6 Å². The maximum Gasteiger partial charge on any atom is 0.265 e. The first-order valence-corrected chi connectivity index (χ1v) is 15.1. The summed E-state index contributed by atoms with van der Waals surface area (Å²) >= 11 is 0. The van der Waals surface area contributed by atoms with E-state index in [0.717, 1.165) is 17.6 Å². The van der Waals surface area contributed by atoms with Gasteiger partial charge in [-0.2, -0.15) is 8.42 Å². The number of aliphatic carboxylic acids is 1. The van der Waals surface area contributed by atoms with E-state index in [4.69, 9.17) is 4.55 Å². The topological polar surface area (TPSA) is 94.5 Å². The lowest BCUT2D eigenvalue weighted by Crippen LogP contribution is -2.45. The number of likely N-dealkylation sites (N-methyl/N-ethyl adjacent to an activating group) is 1. The highest BCUT2D eigenvalue weighted by Crippen LogP contribution is 2.13. The minimum absolute atomic E-state index is 0.0694. The average Bonchev–Trinajstić information content (AvgIpc) is 2.65. The molecule has 0 aromatic rings. The van der Waals surface area contributed by atoms with E-state index >= 15 is 0 Å². The Hall–Kier alpha value is -0.700. The van der Waals surface area contributed by atoms with E-state index in [1.54, 1.807) is 21.1 Å². The molecule has 0 aromatic carbocycles. The Kier molecular flexibility index (Phi) is 21.4. The molecule has 0 aliphatic rings. The lowest BCUT2D eigenvalue weighted by atomic mass is 10.0. The molecule has 0 spiro atoms. The molecular formula is C26H57N2O5S+. The number of carbonyl (C=O) groups excluding carboxylic acids is 1. The van der Waals surface area contributed by atoms with Gasteiger partial charge in [-0.1, -0.05) is 84.0 Å². The van der Waals surface area contributed by atoms with E-state index in [9.17, 15) is 18.3 Å². The van der Waals surface area contributed by atoms with Gasteiger partial charge in [-0.25, -0.2) is 0 Å². The van der Waals surface area contributed by atoms with Crippen molar-refractivity contribution in [3.8, 4) is 0 Å². The zero-order valence-corrected chi connectivity index (χ0v) is 24.1. The fraction of sp³-hybridized carbons (Fsp3) is 0.962. The van der Waals surface area contributed by atoms with Gasteiger partial charge < -0.3 is 18.9 Å². The quantitative estimate of drug-likeness (QED) is 0.142. The van der Waals surface area contributed by atoms with Crippen LogP contribution in [0.5, 0.6) is 0 Å². The fourth-order valence-corrected chi connectivity index (χ4v) is 4.40. The van der Waals surface area contributed by atoms with Crippen LogP contribution in [-0.2, 0) is 14.9 Å². The van der Waals surface area contributed by atoms with E-state index in [2.05, 4.69) is 21.0 Å². The molecule has 0 amide bonds. The summed E-state index contributed by atoms with van der Waals surface area (Å²) in [6.45, 7) is 4.23. The summed E-state index contributed by atoms with van der Waals surface area (Å²) in [6, 6.07) is 0. The SMILES string of the molecule is CCCCCCCCCCCCCCCC[N+](C)(C)CCCS(=O)(=O)O.C[N+](C)(C)CC(=O)[O-]. The van der Waals surface area contributed by atoms with Crippen LogP contribution in [0.4, 0.5) is 0 Å². The highest BCUT2D eigenvalue weighted by atomic mass is 32.2. The maximum atomic E-state index is 10.8. The first-order chi connectivity index (χ1) is 15.7. The lowest BCUT2D eigenvalue weighted by molar-refractivity contribution is -0.890. The molecule has 0 unspecified atom stereocenters. The van der Waals surface area contributed by atoms with Crippen LogP contribution in [0.1, 0.15) is 103 Å². The Labute approximate surface area is 211 Å². The van der Waals surface area contributed by atoms with Crippen LogP contribution < -0.4 is 5.11 Å². The molecule has 0 aliphatic carbocycles. The van der Waals surface area contributed by atoms with Crippen LogP contribution >= 0.6 is 0 Å². The van der Waals surface area contributed by atoms with Gasteiger partial charge in [0.1, 0.15) is 6.54 Å². The highest BCUT2D eigenvalue weighted by molar-refractivity contribution is 7.85. The third-order valence-electron chi connectivity index (χ3n) is 5.89. The molecule has 7 nitrogen and oxygen atoms in total. The van der Waals surface area contributed by atoms with Gasteiger partial charge in [0.15, 0.2) is 0 Å². The number of quaternary nitrogens is 2. The second-order valence-electron chi connectivity index (χ2n) is 11.4. The summed E-state index contributed by atoms with van der Waals surface area (Å²) < 4.78 is 31.6. The normalized spacial score (nSPS) is 12.3. The first-order valence-electron chi connectivity index (χ1n) is 13.5. The molecule has 0 aromatic heterocycles. The molecule has 206 valence electrons. The average molecular weight is 510 g/mol. The van der Waals surface area contributed by atoms with Crippen LogP contribution in [0.25, 0.3) is 0 Å². The Morgan fingerprint density at radius 2 is 1.03 bits per heavy atom. The van der Waals surface area contributed by atoms with Crippen LogP contribution in [0.3, 0.4) is 0 Å². The monoisotopic (exact) mass is 509 g/mol. The number of carboxylic acid groups (broad SMARTS) is 1. The summed E-state index contributed by atoms with van der Waals surface area (Å²) in [7, 11) is 5.89. The smallest absolute Gasteiger partial charge is 0.265 e. The lowest BCUT2D eigenvalue weighted by Gasteiger charge is -2.29. The molecule has 0 radical (unpaired) electrons. The number of rotatable bonds is 21. The predicted molar refractivity (Wildman–Crippen MR) is 141 cm³/mol. The largest absolute Gasteiger partial charge is 0.544 e. The molecule has 0 fully saturated rings. The van der Waals surface area contributed by atoms with Crippen molar-refractivity contribution in [2.24, 2.45) is 0 Å². The molecule has 0 bridgehead atoms. The molecule has 0 aliphatic heterocycles. The standard InChI is InChI=1S/C21H45NO3S.C5H11NO2/c1-4-5-6-7-8-9-10-11-12-13-14-15-16-17-19-22(2,3)20-18-21-26(23,24)25;1-6(2,3)4-5(7)8/h4-21H2,1-3H3;4H2,1-3H3/p+1. The third-order valence-corrected chi connectivity index (χ3v) is 6.69. The molecule has 0 heterocycles. The molecule has 1 N–H and O–H groups in total. The summed E-state index contributed by atoms with van der Waals surface area (Å²) in [4.78, 5) is 9.89. The molecule has 0 saturated carbocycles. The Bertz CT molecular complexity index is 586. The van der Waals surface area contributed by atoms with E-state index < -0.39 is 16.1 Å². The van der Waals surface area contributed by atoms with Crippen molar-refractivity contribution < 1.29 is 31.8 Å². The molecular weight excluding hydrogens is 452 g/mol. The van der Waals surface area contributed by atoms with Gasteiger partial charge in [-0.3, -0.25) is 4.55 Å².